The highest BCUT2D eigenvalue weighted by atomic mass is 32.2. The third kappa shape index (κ3) is 4.67. The third-order valence-electron chi connectivity index (χ3n) is 3.97. The number of aryl methyl sites for hydroxylation is 1. The van der Waals surface area contributed by atoms with Gasteiger partial charge in [0.2, 0.25) is 10.0 Å². The number of H-pyrrole nitrogens is 1. The van der Waals surface area contributed by atoms with Gasteiger partial charge in [0.05, 0.1) is 10.6 Å². The van der Waals surface area contributed by atoms with Crippen molar-refractivity contribution in [3.8, 4) is 0 Å². The van der Waals surface area contributed by atoms with Crippen LogP contribution in [0.5, 0.6) is 0 Å². The van der Waals surface area contributed by atoms with Crippen LogP contribution < -0.4 is 10.0 Å². The highest BCUT2D eigenvalue weighted by molar-refractivity contribution is 7.89. The molecule has 7 nitrogen and oxygen atoms in total. The average molecular weight is 362 g/mol. The smallest absolute Gasteiger partial charge is 0.251 e. The molecule has 1 amide bonds. The van der Waals surface area contributed by atoms with E-state index in [0.717, 1.165) is 24.2 Å². The predicted molar refractivity (Wildman–Crippen MR) is 93.7 cm³/mol. The fourth-order valence-electron chi connectivity index (χ4n) is 2.55. The van der Waals surface area contributed by atoms with E-state index in [9.17, 15) is 13.2 Å². The average Bonchev–Trinajstić information content (AvgIpc) is 3.27. The number of nitrogens with zero attached hydrogens (tertiary/aromatic N) is 1. The first-order valence-electron chi connectivity index (χ1n) is 8.27. The molecule has 0 unspecified atom stereocenters. The number of benzene rings is 1. The summed E-state index contributed by atoms with van der Waals surface area (Å²) < 4.78 is 27.6. The summed E-state index contributed by atoms with van der Waals surface area (Å²) in [5.74, 6) is -0.165. The summed E-state index contributed by atoms with van der Waals surface area (Å²) in [6.07, 6.45) is 2.51. The van der Waals surface area contributed by atoms with Crippen molar-refractivity contribution in [1.82, 2.24) is 20.2 Å². The lowest BCUT2D eigenvalue weighted by Gasteiger charge is -2.13. The highest BCUT2D eigenvalue weighted by Crippen LogP contribution is 2.19. The third-order valence-corrected chi connectivity index (χ3v) is 5.58. The van der Waals surface area contributed by atoms with E-state index in [1.165, 1.54) is 24.3 Å². The van der Waals surface area contributed by atoms with Gasteiger partial charge >= 0.3 is 0 Å². The normalized spacial score (nSPS) is 15.8. The quantitative estimate of drug-likeness (QED) is 0.694. The number of amides is 1. The van der Waals surface area contributed by atoms with E-state index in [-0.39, 0.29) is 22.9 Å². The zero-order chi connectivity index (χ0) is 18.0. The molecule has 1 saturated carbocycles. The Bertz CT molecular complexity index is 854. The molecular formula is C17H22N4O3S. The van der Waals surface area contributed by atoms with Gasteiger partial charge in [-0.1, -0.05) is 0 Å². The van der Waals surface area contributed by atoms with Crippen LogP contribution >= 0.6 is 0 Å². The minimum absolute atomic E-state index is 0.139. The van der Waals surface area contributed by atoms with Crippen LogP contribution in [-0.2, 0) is 16.4 Å². The molecule has 1 aliphatic rings. The molecule has 3 N–H and O–H groups in total. The van der Waals surface area contributed by atoms with Crippen molar-refractivity contribution in [3.63, 3.8) is 0 Å². The molecule has 134 valence electrons. The number of carbonyl (C=O) groups excluding carboxylic acids is 1. The Morgan fingerprint density at radius 3 is 2.56 bits per heavy atom. The second kappa shape index (κ2) is 6.97. The lowest BCUT2D eigenvalue weighted by Crippen LogP contribution is -2.34. The van der Waals surface area contributed by atoms with Crippen LogP contribution in [0.3, 0.4) is 0 Å². The maximum atomic E-state index is 12.5. The van der Waals surface area contributed by atoms with Gasteiger partial charge in [-0.3, -0.25) is 9.89 Å². The van der Waals surface area contributed by atoms with Crippen molar-refractivity contribution in [2.75, 3.05) is 0 Å². The predicted octanol–water partition coefficient (Wildman–Crippen LogP) is 1.52. The van der Waals surface area contributed by atoms with Gasteiger partial charge in [-0.05, 0) is 57.0 Å². The molecule has 2 aromatic rings. The highest BCUT2D eigenvalue weighted by Gasteiger charge is 2.24. The van der Waals surface area contributed by atoms with Gasteiger partial charge in [0.15, 0.2) is 0 Å². The number of carbonyl (C=O) groups is 1. The summed E-state index contributed by atoms with van der Waals surface area (Å²) in [4.78, 5) is 12.1. The lowest BCUT2D eigenvalue weighted by molar-refractivity contribution is 0.0951. The Hall–Kier alpha value is -2.19. The molecule has 0 aliphatic heterocycles. The van der Waals surface area contributed by atoms with Gasteiger partial charge < -0.3 is 5.32 Å². The first-order chi connectivity index (χ1) is 11.8. The number of hydrogen-bond acceptors (Lipinski definition) is 4. The van der Waals surface area contributed by atoms with Crippen molar-refractivity contribution in [2.45, 2.75) is 50.1 Å². The van der Waals surface area contributed by atoms with Crippen molar-refractivity contribution in [2.24, 2.45) is 0 Å². The minimum atomic E-state index is -3.65. The van der Waals surface area contributed by atoms with Gasteiger partial charge in [-0.15, -0.1) is 0 Å². The standard InChI is InChI=1S/C17H22N4O3S/c1-11-9-15(20-19-11)10-12(2)21-25(23,24)16-7-3-13(4-8-16)17(22)18-14-5-6-14/h3-4,7-9,12,14,21H,5-6,10H2,1-2H3,(H,18,22)(H,19,20)/t12-/m1/s1. The SMILES string of the molecule is Cc1cc(C[C@@H](C)NS(=O)(=O)c2ccc(C(=O)NC3CC3)cc2)n[nH]1. The van der Waals surface area contributed by atoms with Crippen LogP contribution in [0.2, 0.25) is 0 Å². The van der Waals surface area contributed by atoms with Crippen molar-refractivity contribution >= 4 is 15.9 Å². The van der Waals surface area contributed by atoms with Gasteiger partial charge in [-0.25, -0.2) is 13.1 Å². The van der Waals surface area contributed by atoms with Crippen LogP contribution in [0.4, 0.5) is 0 Å². The second-order valence-corrected chi connectivity index (χ2v) is 8.25. The molecule has 0 bridgehead atoms. The van der Waals surface area contributed by atoms with E-state index in [1.54, 1.807) is 6.92 Å². The molecule has 1 aliphatic carbocycles. The van der Waals surface area contributed by atoms with Gasteiger partial charge in [-0.2, -0.15) is 5.10 Å². The number of rotatable bonds is 7. The van der Waals surface area contributed by atoms with Crippen molar-refractivity contribution in [1.29, 1.82) is 0 Å². The molecule has 0 saturated heterocycles. The molecular weight excluding hydrogens is 340 g/mol. The van der Waals surface area contributed by atoms with Gasteiger partial charge in [0, 0.05) is 29.8 Å². The Morgan fingerprint density at radius 1 is 1.32 bits per heavy atom. The topological polar surface area (TPSA) is 104 Å². The van der Waals surface area contributed by atoms with Crippen molar-refractivity contribution < 1.29 is 13.2 Å². The van der Waals surface area contributed by atoms with Gasteiger partial charge in [0.25, 0.3) is 5.91 Å². The minimum Gasteiger partial charge on any atom is -0.349 e. The summed E-state index contributed by atoms with van der Waals surface area (Å²) in [7, 11) is -3.65. The number of hydrogen-bond donors (Lipinski definition) is 3. The zero-order valence-corrected chi connectivity index (χ0v) is 15.1. The first-order valence-corrected chi connectivity index (χ1v) is 9.76. The van der Waals surface area contributed by atoms with Crippen LogP contribution in [-0.4, -0.2) is 36.6 Å². The molecule has 3 rings (SSSR count). The Balaban J connectivity index is 1.63. The summed E-state index contributed by atoms with van der Waals surface area (Å²) in [5, 5.41) is 9.83. The molecule has 1 heterocycles. The molecule has 1 atom stereocenters. The van der Waals surface area contributed by atoms with E-state index >= 15 is 0 Å². The summed E-state index contributed by atoms with van der Waals surface area (Å²) in [6, 6.07) is 7.83. The number of aromatic nitrogens is 2. The molecule has 8 heteroatoms. The second-order valence-electron chi connectivity index (χ2n) is 6.54. The van der Waals surface area contributed by atoms with E-state index in [0.29, 0.717) is 12.0 Å². The summed E-state index contributed by atoms with van der Waals surface area (Å²) in [5.41, 5.74) is 2.20. The summed E-state index contributed by atoms with van der Waals surface area (Å²) in [6.45, 7) is 3.69. The molecule has 25 heavy (non-hydrogen) atoms. The number of aromatic amines is 1. The molecule has 1 fully saturated rings. The van der Waals surface area contributed by atoms with Crippen LogP contribution in [0.25, 0.3) is 0 Å². The molecule has 0 radical (unpaired) electrons. The number of nitrogens with one attached hydrogen (secondary N) is 3. The van der Waals surface area contributed by atoms with E-state index < -0.39 is 10.0 Å². The largest absolute Gasteiger partial charge is 0.349 e. The number of sulfonamides is 1. The molecule has 1 aromatic carbocycles. The molecule has 1 aromatic heterocycles. The first kappa shape index (κ1) is 17.6. The monoisotopic (exact) mass is 362 g/mol. The van der Waals surface area contributed by atoms with Crippen molar-refractivity contribution in [3.05, 3.63) is 47.3 Å². The van der Waals surface area contributed by atoms with E-state index in [2.05, 4.69) is 20.2 Å². The fourth-order valence-corrected chi connectivity index (χ4v) is 3.79. The maximum absolute atomic E-state index is 12.5. The Kier molecular flexibility index (Phi) is 4.91. The Morgan fingerprint density at radius 2 is 2.00 bits per heavy atom. The van der Waals surface area contributed by atoms with Gasteiger partial charge in [0.1, 0.15) is 0 Å². The maximum Gasteiger partial charge on any atom is 0.251 e. The van der Waals surface area contributed by atoms with E-state index in [1.807, 2.05) is 13.0 Å². The molecule has 0 spiro atoms. The summed E-state index contributed by atoms with van der Waals surface area (Å²) >= 11 is 0. The fraction of sp³-hybridized carbons (Fsp3) is 0.412. The van der Waals surface area contributed by atoms with Crippen LogP contribution in [0.15, 0.2) is 35.2 Å². The van der Waals surface area contributed by atoms with Crippen LogP contribution in [0, 0.1) is 6.92 Å². The van der Waals surface area contributed by atoms with Crippen LogP contribution in [0.1, 0.15) is 41.5 Å². The van der Waals surface area contributed by atoms with E-state index in [4.69, 9.17) is 0 Å². The lowest BCUT2D eigenvalue weighted by atomic mass is 10.2. The zero-order valence-electron chi connectivity index (χ0n) is 14.2. The Labute approximate surface area is 147 Å².